The van der Waals surface area contributed by atoms with Crippen LogP contribution >= 0.6 is 0 Å². The molecule has 0 saturated heterocycles. The maximum absolute atomic E-state index is 10.4. The number of nitrogens with zero attached hydrogens (tertiary/aromatic N) is 2. The number of nitrogens with one attached hydrogen (secondary N) is 2. The monoisotopic (exact) mass is 219 g/mol. The van der Waals surface area contributed by atoms with E-state index in [9.17, 15) is 4.79 Å². The van der Waals surface area contributed by atoms with Crippen molar-refractivity contribution < 1.29 is 4.79 Å². The van der Waals surface area contributed by atoms with Crippen molar-refractivity contribution in [2.24, 2.45) is 5.73 Å². The van der Waals surface area contributed by atoms with Gasteiger partial charge in [0.05, 0.1) is 11.6 Å². The minimum absolute atomic E-state index is 0.410. The van der Waals surface area contributed by atoms with Gasteiger partial charge in [-0.15, -0.1) is 0 Å². The first kappa shape index (κ1) is 11.8. The lowest BCUT2D eigenvalue weighted by molar-refractivity contribution is 0.249. The second-order valence-electron chi connectivity index (χ2n) is 3.21. The topological polar surface area (TPSA) is 104 Å². The molecule has 0 aliphatic heterocycles. The van der Waals surface area contributed by atoms with Gasteiger partial charge in [-0.25, -0.2) is 9.78 Å². The van der Waals surface area contributed by atoms with E-state index in [1.807, 2.05) is 13.0 Å². The number of primary amides is 1. The first-order chi connectivity index (χ1) is 7.61. The highest BCUT2D eigenvalue weighted by Crippen LogP contribution is 2.08. The van der Waals surface area contributed by atoms with Crippen LogP contribution in [-0.2, 0) is 0 Å². The van der Waals surface area contributed by atoms with Crippen LogP contribution in [0, 0.1) is 18.3 Å². The summed E-state index contributed by atoms with van der Waals surface area (Å²) in [7, 11) is 0. The molecule has 0 bridgehead atoms. The molecule has 6 nitrogen and oxygen atoms in total. The van der Waals surface area contributed by atoms with Gasteiger partial charge < -0.3 is 16.4 Å². The molecule has 1 rings (SSSR count). The molecule has 1 aromatic rings. The summed E-state index contributed by atoms with van der Waals surface area (Å²) < 4.78 is 0. The number of amides is 2. The van der Waals surface area contributed by atoms with Gasteiger partial charge in [-0.3, -0.25) is 0 Å². The van der Waals surface area contributed by atoms with E-state index in [4.69, 9.17) is 11.0 Å². The Morgan fingerprint density at radius 2 is 2.31 bits per heavy atom. The standard InChI is InChI=1S/C10H13N5O/c1-7-4-8(6-11)5-9(15-7)13-2-3-14-10(12)16/h4-5H,2-3H2,1H3,(H,13,15)(H3,12,14,16). The highest BCUT2D eigenvalue weighted by atomic mass is 16.2. The van der Waals surface area contributed by atoms with Crippen molar-refractivity contribution in [1.29, 1.82) is 5.26 Å². The number of nitrogens with two attached hydrogens (primary N) is 1. The predicted molar refractivity (Wildman–Crippen MR) is 59.8 cm³/mol. The molecule has 0 spiro atoms. The number of pyridine rings is 1. The third-order valence-electron chi connectivity index (χ3n) is 1.81. The molecule has 0 unspecified atom stereocenters. The Bertz CT molecular complexity index is 424. The summed E-state index contributed by atoms with van der Waals surface area (Å²) in [5, 5.41) is 14.2. The van der Waals surface area contributed by atoms with Gasteiger partial charge in [-0.1, -0.05) is 0 Å². The summed E-state index contributed by atoms with van der Waals surface area (Å²) in [6.07, 6.45) is 0. The van der Waals surface area contributed by atoms with Crippen molar-refractivity contribution in [1.82, 2.24) is 10.3 Å². The minimum atomic E-state index is -0.559. The molecule has 16 heavy (non-hydrogen) atoms. The highest BCUT2D eigenvalue weighted by Gasteiger charge is 1.99. The molecule has 0 fully saturated rings. The molecule has 6 heteroatoms. The average molecular weight is 219 g/mol. The summed E-state index contributed by atoms with van der Waals surface area (Å²) in [5.41, 5.74) is 6.23. The van der Waals surface area contributed by atoms with Crippen molar-refractivity contribution in [3.8, 4) is 6.07 Å². The van der Waals surface area contributed by atoms with Crippen LogP contribution in [0.4, 0.5) is 10.6 Å². The molecule has 0 aromatic carbocycles. The fourth-order valence-corrected chi connectivity index (χ4v) is 1.20. The van der Waals surface area contributed by atoms with E-state index in [1.54, 1.807) is 12.1 Å². The van der Waals surface area contributed by atoms with Crippen LogP contribution in [0.5, 0.6) is 0 Å². The normalized spacial score (nSPS) is 9.25. The van der Waals surface area contributed by atoms with Gasteiger partial charge in [0.15, 0.2) is 0 Å². The zero-order chi connectivity index (χ0) is 12.0. The van der Waals surface area contributed by atoms with E-state index in [-0.39, 0.29) is 0 Å². The summed E-state index contributed by atoms with van der Waals surface area (Å²) in [6.45, 7) is 2.73. The van der Waals surface area contributed by atoms with Gasteiger partial charge >= 0.3 is 6.03 Å². The van der Waals surface area contributed by atoms with Crippen molar-refractivity contribution in [3.63, 3.8) is 0 Å². The molecule has 1 aromatic heterocycles. The van der Waals surface area contributed by atoms with E-state index in [0.29, 0.717) is 24.5 Å². The van der Waals surface area contributed by atoms with E-state index in [1.165, 1.54) is 0 Å². The highest BCUT2D eigenvalue weighted by molar-refractivity contribution is 5.71. The lowest BCUT2D eigenvalue weighted by Gasteiger charge is -2.06. The smallest absolute Gasteiger partial charge is 0.312 e. The maximum atomic E-state index is 10.4. The lowest BCUT2D eigenvalue weighted by Crippen LogP contribution is -2.33. The van der Waals surface area contributed by atoms with E-state index in [2.05, 4.69) is 15.6 Å². The number of urea groups is 1. The summed E-state index contributed by atoms with van der Waals surface area (Å²) >= 11 is 0. The van der Waals surface area contributed by atoms with Crippen LogP contribution in [0.3, 0.4) is 0 Å². The van der Waals surface area contributed by atoms with Crippen LogP contribution < -0.4 is 16.4 Å². The average Bonchev–Trinajstić information content (AvgIpc) is 2.23. The SMILES string of the molecule is Cc1cc(C#N)cc(NCCNC(N)=O)n1. The van der Waals surface area contributed by atoms with Crippen molar-refractivity contribution in [2.75, 3.05) is 18.4 Å². The number of carbonyl (C=O) groups excluding carboxylic acids is 1. The van der Waals surface area contributed by atoms with Gasteiger partial charge in [-0.2, -0.15) is 5.26 Å². The maximum Gasteiger partial charge on any atom is 0.312 e. The Hall–Kier alpha value is -2.29. The largest absolute Gasteiger partial charge is 0.368 e. The zero-order valence-corrected chi connectivity index (χ0v) is 8.95. The fourth-order valence-electron chi connectivity index (χ4n) is 1.20. The van der Waals surface area contributed by atoms with Crippen LogP contribution in [-0.4, -0.2) is 24.1 Å². The number of anilines is 1. The Morgan fingerprint density at radius 3 is 2.94 bits per heavy atom. The van der Waals surface area contributed by atoms with Gasteiger partial charge in [0.25, 0.3) is 0 Å². The van der Waals surface area contributed by atoms with E-state index < -0.39 is 6.03 Å². The fraction of sp³-hybridized carbons (Fsp3) is 0.300. The van der Waals surface area contributed by atoms with Crippen LogP contribution in [0.2, 0.25) is 0 Å². The second kappa shape index (κ2) is 5.56. The molecule has 0 radical (unpaired) electrons. The summed E-state index contributed by atoms with van der Waals surface area (Å²) in [4.78, 5) is 14.6. The van der Waals surface area contributed by atoms with Crippen LogP contribution in [0.25, 0.3) is 0 Å². The summed E-state index contributed by atoms with van der Waals surface area (Å²) in [5.74, 6) is 0.614. The van der Waals surface area contributed by atoms with Crippen molar-refractivity contribution in [2.45, 2.75) is 6.92 Å². The molecule has 0 aliphatic rings. The van der Waals surface area contributed by atoms with Gasteiger partial charge in [0.1, 0.15) is 5.82 Å². The third kappa shape index (κ3) is 3.84. The van der Waals surface area contributed by atoms with Crippen LogP contribution in [0.15, 0.2) is 12.1 Å². The molecule has 0 aliphatic carbocycles. The first-order valence-electron chi connectivity index (χ1n) is 4.78. The molecular weight excluding hydrogens is 206 g/mol. The molecule has 84 valence electrons. The van der Waals surface area contributed by atoms with E-state index in [0.717, 1.165) is 5.69 Å². The third-order valence-corrected chi connectivity index (χ3v) is 1.81. The van der Waals surface area contributed by atoms with E-state index >= 15 is 0 Å². The Kier molecular flexibility index (Phi) is 4.09. The number of rotatable bonds is 4. The Morgan fingerprint density at radius 1 is 1.56 bits per heavy atom. The molecule has 4 N–H and O–H groups in total. The van der Waals surface area contributed by atoms with Gasteiger partial charge in [-0.05, 0) is 19.1 Å². The number of hydrogen-bond donors (Lipinski definition) is 3. The quantitative estimate of drug-likeness (QED) is 0.635. The molecule has 0 saturated carbocycles. The molecule has 2 amide bonds. The minimum Gasteiger partial charge on any atom is -0.368 e. The Balaban J connectivity index is 2.51. The molecule has 1 heterocycles. The number of carbonyl (C=O) groups is 1. The molecule has 0 atom stereocenters. The Labute approximate surface area is 93.5 Å². The first-order valence-corrected chi connectivity index (χ1v) is 4.78. The van der Waals surface area contributed by atoms with Crippen LogP contribution in [0.1, 0.15) is 11.3 Å². The van der Waals surface area contributed by atoms with Gasteiger partial charge in [0.2, 0.25) is 0 Å². The number of hydrogen-bond acceptors (Lipinski definition) is 4. The number of aromatic nitrogens is 1. The van der Waals surface area contributed by atoms with Crippen molar-refractivity contribution in [3.05, 3.63) is 23.4 Å². The molecular formula is C10H13N5O. The van der Waals surface area contributed by atoms with Crippen molar-refractivity contribution >= 4 is 11.8 Å². The number of nitriles is 1. The zero-order valence-electron chi connectivity index (χ0n) is 8.95. The predicted octanol–water partition coefficient (Wildman–Crippen LogP) is 0.342. The lowest BCUT2D eigenvalue weighted by atomic mass is 10.2. The summed E-state index contributed by atoms with van der Waals surface area (Å²) in [6, 6.07) is 4.84. The van der Waals surface area contributed by atoms with Gasteiger partial charge in [0, 0.05) is 18.8 Å². The second-order valence-corrected chi connectivity index (χ2v) is 3.21. The number of aryl methyl sites for hydroxylation is 1.